The van der Waals surface area contributed by atoms with E-state index in [2.05, 4.69) is 17.6 Å². The van der Waals surface area contributed by atoms with Crippen LogP contribution in [0, 0.1) is 5.41 Å². The van der Waals surface area contributed by atoms with Gasteiger partial charge in [-0.3, -0.25) is 4.79 Å². The summed E-state index contributed by atoms with van der Waals surface area (Å²) in [5.41, 5.74) is 0.402. The molecule has 1 saturated heterocycles. The Hall–Kier alpha value is -0.280. The summed E-state index contributed by atoms with van der Waals surface area (Å²) >= 11 is 0. The van der Waals surface area contributed by atoms with Gasteiger partial charge in [0.2, 0.25) is 5.91 Å². The van der Waals surface area contributed by atoms with Gasteiger partial charge in [-0.05, 0) is 31.2 Å². The van der Waals surface area contributed by atoms with Gasteiger partial charge in [0, 0.05) is 6.54 Å². The van der Waals surface area contributed by atoms with Crippen LogP contribution in [-0.2, 0) is 4.79 Å². The van der Waals surface area contributed by atoms with Crippen LogP contribution in [0.3, 0.4) is 0 Å². The van der Waals surface area contributed by atoms with E-state index in [0.29, 0.717) is 5.41 Å². The average Bonchev–Trinajstić information content (AvgIpc) is 1.94. The topological polar surface area (TPSA) is 41.1 Å². The number of hydrogen-bond donors (Lipinski definition) is 2. The zero-order chi connectivity index (χ0) is 9.31. The van der Waals surface area contributed by atoms with Crippen LogP contribution in [0.5, 0.6) is 0 Å². The smallest absolute Gasteiger partial charge is 0.237 e. The summed E-state index contributed by atoms with van der Waals surface area (Å²) < 4.78 is 0. The molecule has 82 valence electrons. The largest absolute Gasteiger partial charge is 0.354 e. The molecule has 2 rings (SSSR count). The number of carbonyl (C=O) groups excluding carboxylic acids is 1. The van der Waals surface area contributed by atoms with E-state index in [1.807, 2.05) is 0 Å². The number of amides is 1. The summed E-state index contributed by atoms with van der Waals surface area (Å²) in [5.74, 6) is 0.194. The molecule has 1 saturated carbocycles. The highest BCUT2D eigenvalue weighted by atomic mass is 35.5. The van der Waals surface area contributed by atoms with Gasteiger partial charge in [0.05, 0.1) is 6.04 Å². The molecule has 1 amide bonds. The third-order valence-corrected chi connectivity index (χ3v) is 3.39. The molecule has 0 spiro atoms. The van der Waals surface area contributed by atoms with Crippen molar-refractivity contribution in [3.63, 3.8) is 0 Å². The number of halogens is 1. The van der Waals surface area contributed by atoms with Crippen LogP contribution < -0.4 is 10.6 Å². The Kier molecular flexibility index (Phi) is 3.78. The second kappa shape index (κ2) is 4.49. The quantitative estimate of drug-likeness (QED) is 0.745. The molecule has 2 fully saturated rings. The first kappa shape index (κ1) is 11.8. The van der Waals surface area contributed by atoms with Crippen LogP contribution >= 0.6 is 12.4 Å². The number of carbonyl (C=O) groups is 1. The van der Waals surface area contributed by atoms with Crippen molar-refractivity contribution in [1.82, 2.24) is 10.6 Å². The van der Waals surface area contributed by atoms with Crippen LogP contribution in [0.2, 0.25) is 0 Å². The highest BCUT2D eigenvalue weighted by Crippen LogP contribution is 2.39. The van der Waals surface area contributed by atoms with Crippen LogP contribution in [0.4, 0.5) is 0 Å². The predicted molar refractivity (Wildman–Crippen MR) is 58.6 cm³/mol. The summed E-state index contributed by atoms with van der Waals surface area (Å²) in [5, 5.41) is 6.13. The second-order valence-corrected chi connectivity index (χ2v) is 4.68. The Morgan fingerprint density at radius 3 is 2.57 bits per heavy atom. The summed E-state index contributed by atoms with van der Waals surface area (Å²) in [6.45, 7) is 4.12. The molecular formula is C10H19ClN2O. The van der Waals surface area contributed by atoms with Crippen molar-refractivity contribution >= 4 is 18.3 Å². The zero-order valence-corrected chi connectivity index (χ0v) is 9.45. The minimum atomic E-state index is 0. The van der Waals surface area contributed by atoms with Gasteiger partial charge in [0.15, 0.2) is 0 Å². The first-order valence-corrected chi connectivity index (χ1v) is 5.21. The summed E-state index contributed by atoms with van der Waals surface area (Å²) in [4.78, 5) is 11.4. The van der Waals surface area contributed by atoms with Gasteiger partial charge in [0.25, 0.3) is 0 Å². The lowest BCUT2D eigenvalue weighted by Gasteiger charge is -2.39. The Labute approximate surface area is 91.4 Å². The standard InChI is InChI=1S/C10H18N2O.ClH/c1-10(4-2-5-10)7-12-9(13)8-3-6-11-8;/h8,11H,2-7H2,1H3,(H,12,13);1H/t8-;/m1./s1. The van der Waals surface area contributed by atoms with E-state index in [0.717, 1.165) is 19.5 Å². The predicted octanol–water partition coefficient (Wildman–Crippen LogP) is 1.08. The maximum atomic E-state index is 11.4. The van der Waals surface area contributed by atoms with Gasteiger partial charge in [-0.2, -0.15) is 0 Å². The Balaban J connectivity index is 0.000000980. The van der Waals surface area contributed by atoms with E-state index in [-0.39, 0.29) is 24.4 Å². The number of hydrogen-bond acceptors (Lipinski definition) is 2. The SMILES string of the molecule is CC1(CNC(=O)[C@H]2CCN2)CCC1.Cl. The van der Waals surface area contributed by atoms with Crippen molar-refractivity contribution in [2.24, 2.45) is 5.41 Å². The zero-order valence-electron chi connectivity index (χ0n) is 8.64. The third-order valence-electron chi connectivity index (χ3n) is 3.39. The first-order valence-electron chi connectivity index (χ1n) is 5.21. The molecule has 1 atom stereocenters. The number of nitrogens with one attached hydrogen (secondary N) is 2. The van der Waals surface area contributed by atoms with E-state index in [4.69, 9.17) is 0 Å². The van der Waals surface area contributed by atoms with Crippen LogP contribution in [0.15, 0.2) is 0 Å². The molecule has 0 unspecified atom stereocenters. The van der Waals surface area contributed by atoms with Crippen molar-refractivity contribution in [2.45, 2.75) is 38.6 Å². The molecule has 0 aromatic carbocycles. The van der Waals surface area contributed by atoms with Crippen LogP contribution in [0.25, 0.3) is 0 Å². The molecule has 1 aliphatic heterocycles. The Bertz CT molecular complexity index is 212. The lowest BCUT2D eigenvalue weighted by atomic mass is 9.70. The molecule has 1 heterocycles. The van der Waals surface area contributed by atoms with Crippen molar-refractivity contribution < 1.29 is 4.79 Å². The van der Waals surface area contributed by atoms with E-state index >= 15 is 0 Å². The van der Waals surface area contributed by atoms with E-state index in [1.54, 1.807) is 0 Å². The van der Waals surface area contributed by atoms with E-state index in [1.165, 1.54) is 19.3 Å². The van der Waals surface area contributed by atoms with Gasteiger partial charge in [-0.1, -0.05) is 13.3 Å². The summed E-state index contributed by atoms with van der Waals surface area (Å²) in [6.07, 6.45) is 4.87. The van der Waals surface area contributed by atoms with Gasteiger partial charge < -0.3 is 10.6 Å². The first-order chi connectivity index (χ1) is 6.20. The van der Waals surface area contributed by atoms with Crippen molar-refractivity contribution in [1.29, 1.82) is 0 Å². The lowest BCUT2D eigenvalue weighted by molar-refractivity contribution is -0.125. The van der Waals surface area contributed by atoms with Crippen LogP contribution in [0.1, 0.15) is 32.6 Å². The van der Waals surface area contributed by atoms with Gasteiger partial charge in [0.1, 0.15) is 0 Å². The average molecular weight is 219 g/mol. The monoisotopic (exact) mass is 218 g/mol. The third kappa shape index (κ3) is 2.39. The van der Waals surface area contributed by atoms with Gasteiger partial charge in [-0.15, -0.1) is 12.4 Å². The molecule has 14 heavy (non-hydrogen) atoms. The summed E-state index contributed by atoms with van der Waals surface area (Å²) in [6, 6.07) is 0.101. The lowest BCUT2D eigenvalue weighted by Crippen LogP contribution is -2.55. The molecule has 2 N–H and O–H groups in total. The second-order valence-electron chi connectivity index (χ2n) is 4.68. The molecule has 1 aliphatic carbocycles. The van der Waals surface area contributed by atoms with Gasteiger partial charge >= 0.3 is 0 Å². The molecule has 4 heteroatoms. The number of rotatable bonds is 3. The van der Waals surface area contributed by atoms with Gasteiger partial charge in [-0.25, -0.2) is 0 Å². The fraction of sp³-hybridized carbons (Fsp3) is 0.900. The highest BCUT2D eigenvalue weighted by molar-refractivity contribution is 5.85. The molecule has 0 radical (unpaired) electrons. The van der Waals surface area contributed by atoms with Crippen LogP contribution in [-0.4, -0.2) is 25.0 Å². The molecule has 2 aliphatic rings. The molecule has 3 nitrogen and oxygen atoms in total. The fourth-order valence-corrected chi connectivity index (χ4v) is 1.89. The molecule has 0 aromatic rings. The van der Waals surface area contributed by atoms with Crippen molar-refractivity contribution in [2.75, 3.05) is 13.1 Å². The van der Waals surface area contributed by atoms with Crippen molar-refractivity contribution in [3.05, 3.63) is 0 Å². The fourth-order valence-electron chi connectivity index (χ4n) is 1.89. The molecular weight excluding hydrogens is 200 g/mol. The Morgan fingerprint density at radius 1 is 1.57 bits per heavy atom. The Morgan fingerprint density at radius 2 is 2.21 bits per heavy atom. The highest BCUT2D eigenvalue weighted by Gasteiger charge is 2.33. The molecule has 0 aromatic heterocycles. The van der Waals surface area contributed by atoms with E-state index < -0.39 is 0 Å². The minimum Gasteiger partial charge on any atom is -0.354 e. The van der Waals surface area contributed by atoms with E-state index in [9.17, 15) is 4.79 Å². The maximum Gasteiger partial charge on any atom is 0.237 e. The molecule has 0 bridgehead atoms. The summed E-state index contributed by atoms with van der Waals surface area (Å²) in [7, 11) is 0. The maximum absolute atomic E-state index is 11.4. The van der Waals surface area contributed by atoms with Crippen molar-refractivity contribution in [3.8, 4) is 0 Å². The normalized spacial score (nSPS) is 27.9. The minimum absolute atomic E-state index is 0.